The molecule has 3 aromatic rings. The van der Waals surface area contributed by atoms with Crippen LogP contribution in [0.5, 0.6) is 0 Å². The Morgan fingerprint density at radius 3 is 2.26 bits per heavy atom. The lowest BCUT2D eigenvalue weighted by Crippen LogP contribution is -2.10. The van der Waals surface area contributed by atoms with Crippen molar-refractivity contribution in [3.8, 4) is 5.69 Å². The smallest absolute Gasteiger partial charge is 0.358 e. The van der Waals surface area contributed by atoms with Gasteiger partial charge in [0.1, 0.15) is 10.5 Å². The van der Waals surface area contributed by atoms with E-state index in [1.54, 1.807) is 0 Å². The first-order chi connectivity index (χ1) is 12.5. The molecule has 12 heteroatoms. The summed E-state index contributed by atoms with van der Waals surface area (Å²) in [6, 6.07) is 2.44. The van der Waals surface area contributed by atoms with E-state index in [2.05, 4.69) is 14.9 Å². The molecule has 0 saturated carbocycles. The van der Waals surface area contributed by atoms with E-state index in [4.69, 9.17) is 53.0 Å². The van der Waals surface area contributed by atoms with Crippen molar-refractivity contribution >= 4 is 63.3 Å². The van der Waals surface area contributed by atoms with Crippen LogP contribution in [0.4, 0.5) is 19.0 Å². The standard InChI is InChI=1S/C15H5Cl4F3N4O/c1-23-13-10-6(12(18)19)4-9(27)24-14(10)26(25-13)11-7(16)2-5(3-8(11)17)15(20,21)22/h2-4,12H,(H,24,27). The van der Waals surface area contributed by atoms with Crippen molar-refractivity contribution < 1.29 is 13.2 Å². The Morgan fingerprint density at radius 2 is 1.78 bits per heavy atom. The van der Waals surface area contributed by atoms with Crippen LogP contribution in [0, 0.1) is 6.57 Å². The molecular weight excluding hydrogens is 451 g/mol. The molecule has 0 saturated heterocycles. The summed E-state index contributed by atoms with van der Waals surface area (Å²) in [7, 11) is 0. The van der Waals surface area contributed by atoms with Crippen LogP contribution in [0.1, 0.15) is 16.0 Å². The van der Waals surface area contributed by atoms with Gasteiger partial charge in [0.25, 0.3) is 0 Å². The van der Waals surface area contributed by atoms with Crippen molar-refractivity contribution in [3.05, 3.63) is 61.1 Å². The van der Waals surface area contributed by atoms with Crippen LogP contribution in [0.25, 0.3) is 21.6 Å². The topological polar surface area (TPSA) is 55.0 Å². The summed E-state index contributed by atoms with van der Waals surface area (Å²) < 4.78 is 39.8. The highest BCUT2D eigenvalue weighted by molar-refractivity contribution is 6.44. The second-order valence-electron chi connectivity index (χ2n) is 5.25. The third kappa shape index (κ3) is 3.48. The first kappa shape index (κ1) is 19.8. The Bertz CT molecular complexity index is 1140. The zero-order valence-electron chi connectivity index (χ0n) is 12.7. The number of aromatic amines is 1. The van der Waals surface area contributed by atoms with Gasteiger partial charge in [0.2, 0.25) is 5.56 Å². The Balaban J connectivity index is 2.41. The average molecular weight is 456 g/mol. The zero-order chi connectivity index (χ0) is 20.1. The third-order valence-corrected chi connectivity index (χ3v) is 4.63. The Kier molecular flexibility index (Phi) is 5.08. The molecule has 1 aromatic carbocycles. The summed E-state index contributed by atoms with van der Waals surface area (Å²) in [5.41, 5.74) is -1.72. The molecule has 27 heavy (non-hydrogen) atoms. The van der Waals surface area contributed by atoms with Gasteiger partial charge in [0.05, 0.1) is 21.0 Å². The van der Waals surface area contributed by atoms with E-state index in [1.165, 1.54) is 0 Å². The van der Waals surface area contributed by atoms with Gasteiger partial charge < -0.3 is 9.83 Å². The fourth-order valence-electron chi connectivity index (χ4n) is 2.50. The fraction of sp³-hybridized carbons (Fsp3) is 0.133. The van der Waals surface area contributed by atoms with Crippen molar-refractivity contribution in [1.82, 2.24) is 14.8 Å². The number of pyridine rings is 1. The van der Waals surface area contributed by atoms with E-state index in [9.17, 15) is 18.0 Å². The molecule has 0 unspecified atom stereocenters. The van der Waals surface area contributed by atoms with E-state index < -0.39 is 22.1 Å². The highest BCUT2D eigenvalue weighted by Gasteiger charge is 2.33. The van der Waals surface area contributed by atoms with Crippen LogP contribution in [-0.4, -0.2) is 14.8 Å². The molecule has 2 heterocycles. The summed E-state index contributed by atoms with van der Waals surface area (Å²) in [5.74, 6) is -0.186. The summed E-state index contributed by atoms with van der Waals surface area (Å²) >= 11 is 23.7. The zero-order valence-corrected chi connectivity index (χ0v) is 15.7. The van der Waals surface area contributed by atoms with E-state index in [0.717, 1.165) is 10.7 Å². The maximum absolute atomic E-state index is 12.9. The predicted molar refractivity (Wildman–Crippen MR) is 97.4 cm³/mol. The number of H-pyrrole nitrogens is 1. The minimum Gasteiger partial charge on any atom is -0.358 e. The number of fused-ring (bicyclic) bond motifs is 1. The van der Waals surface area contributed by atoms with Gasteiger partial charge in [0, 0.05) is 6.07 Å². The second-order valence-corrected chi connectivity index (χ2v) is 7.16. The van der Waals surface area contributed by atoms with Gasteiger partial charge in [-0.2, -0.15) is 13.2 Å². The highest BCUT2D eigenvalue weighted by Crippen LogP contribution is 2.41. The number of rotatable bonds is 2. The van der Waals surface area contributed by atoms with Crippen molar-refractivity contribution in [3.63, 3.8) is 0 Å². The number of halogens is 7. The van der Waals surface area contributed by atoms with Crippen LogP contribution in [0.15, 0.2) is 23.0 Å². The molecule has 0 aliphatic heterocycles. The van der Waals surface area contributed by atoms with Gasteiger partial charge >= 0.3 is 12.0 Å². The van der Waals surface area contributed by atoms with Crippen LogP contribution in [0.3, 0.4) is 0 Å². The number of benzene rings is 1. The molecule has 0 bridgehead atoms. The average Bonchev–Trinajstić information content (AvgIpc) is 2.90. The highest BCUT2D eigenvalue weighted by atomic mass is 35.5. The lowest BCUT2D eigenvalue weighted by molar-refractivity contribution is -0.137. The molecule has 5 nitrogen and oxygen atoms in total. The molecule has 0 aliphatic carbocycles. The van der Waals surface area contributed by atoms with Gasteiger partial charge in [-0.1, -0.05) is 29.8 Å². The SMILES string of the molecule is [C-]#[N+]c1nn(-c2c(Cl)cc(C(F)(F)F)cc2Cl)c2[nH]c(=O)cc(C(Cl)Cl)c12. The van der Waals surface area contributed by atoms with Crippen LogP contribution in [0.2, 0.25) is 10.0 Å². The van der Waals surface area contributed by atoms with Crippen molar-refractivity contribution in [2.75, 3.05) is 0 Å². The van der Waals surface area contributed by atoms with Gasteiger partial charge in [-0.05, 0) is 22.8 Å². The van der Waals surface area contributed by atoms with Crippen LogP contribution in [-0.2, 0) is 6.18 Å². The molecule has 0 fully saturated rings. The predicted octanol–water partition coefficient (Wildman–Crippen LogP) is 6.07. The molecule has 140 valence electrons. The first-order valence-electron chi connectivity index (χ1n) is 6.92. The Morgan fingerprint density at radius 1 is 1.19 bits per heavy atom. The van der Waals surface area contributed by atoms with Crippen molar-refractivity contribution in [2.24, 2.45) is 0 Å². The molecule has 0 spiro atoms. The Labute approximate surface area is 169 Å². The number of hydrogen-bond donors (Lipinski definition) is 1. The third-order valence-electron chi connectivity index (χ3n) is 3.58. The molecule has 0 radical (unpaired) electrons. The lowest BCUT2D eigenvalue weighted by Gasteiger charge is -2.11. The molecule has 0 aliphatic rings. The number of nitrogens with one attached hydrogen (secondary N) is 1. The number of hydrogen-bond acceptors (Lipinski definition) is 2. The number of alkyl halides is 5. The molecule has 3 rings (SSSR count). The summed E-state index contributed by atoms with van der Waals surface area (Å²) in [4.78, 5) is 16.5. The van der Waals surface area contributed by atoms with Gasteiger partial charge in [-0.15, -0.1) is 27.9 Å². The number of nitrogens with zero attached hydrogens (tertiary/aromatic N) is 3. The lowest BCUT2D eigenvalue weighted by atomic mass is 10.2. The second kappa shape index (κ2) is 6.91. The van der Waals surface area contributed by atoms with Crippen LogP contribution < -0.4 is 5.56 Å². The largest absolute Gasteiger partial charge is 0.416 e. The number of aromatic nitrogens is 3. The monoisotopic (exact) mass is 454 g/mol. The molecule has 1 N–H and O–H groups in total. The summed E-state index contributed by atoms with van der Waals surface area (Å²) in [5, 5.41) is 3.37. The summed E-state index contributed by atoms with van der Waals surface area (Å²) in [6.45, 7) is 7.27. The first-order valence-corrected chi connectivity index (χ1v) is 8.55. The van der Waals surface area contributed by atoms with E-state index in [0.29, 0.717) is 12.1 Å². The molecule has 0 atom stereocenters. The quantitative estimate of drug-likeness (QED) is 0.376. The Hall–Kier alpha value is -1.92. The van der Waals surface area contributed by atoms with Gasteiger partial charge in [-0.25, -0.2) is 0 Å². The van der Waals surface area contributed by atoms with Gasteiger partial charge in [-0.3, -0.25) is 4.79 Å². The van der Waals surface area contributed by atoms with E-state index in [-0.39, 0.29) is 38.1 Å². The van der Waals surface area contributed by atoms with E-state index >= 15 is 0 Å². The maximum Gasteiger partial charge on any atom is 0.416 e. The van der Waals surface area contributed by atoms with Gasteiger partial charge in [0.15, 0.2) is 5.65 Å². The summed E-state index contributed by atoms with van der Waals surface area (Å²) in [6.07, 6.45) is -4.66. The van der Waals surface area contributed by atoms with Crippen molar-refractivity contribution in [1.29, 1.82) is 0 Å². The minimum atomic E-state index is -4.66. The molecule has 0 amide bonds. The minimum absolute atomic E-state index is 0.0293. The maximum atomic E-state index is 12.9. The normalized spacial score (nSPS) is 12.0. The molecular formula is C15H5Cl4F3N4O. The van der Waals surface area contributed by atoms with Crippen LogP contribution >= 0.6 is 46.4 Å². The molecule has 2 aromatic heterocycles. The van der Waals surface area contributed by atoms with E-state index in [1.807, 2.05) is 0 Å². The fourth-order valence-corrected chi connectivity index (χ4v) is 3.49. The van der Waals surface area contributed by atoms with Crippen molar-refractivity contribution in [2.45, 2.75) is 11.0 Å².